The van der Waals surface area contributed by atoms with Crippen LogP contribution in [-0.2, 0) is 6.54 Å². The highest BCUT2D eigenvalue weighted by Crippen LogP contribution is 2.40. The summed E-state index contributed by atoms with van der Waals surface area (Å²) < 4.78 is 12.9. The molecule has 1 aliphatic rings. The zero-order valence-electron chi connectivity index (χ0n) is 16.5. The van der Waals surface area contributed by atoms with Gasteiger partial charge in [0.1, 0.15) is 5.75 Å². The average molecular weight is 400 g/mol. The molecule has 148 valence electrons. The Morgan fingerprint density at radius 1 is 1.25 bits per heavy atom. The quantitative estimate of drug-likeness (QED) is 0.475. The third-order valence-corrected chi connectivity index (χ3v) is 5.90. The van der Waals surface area contributed by atoms with Gasteiger partial charge in [-0.05, 0) is 50.5 Å². The Bertz CT molecular complexity index is 917. The topological polar surface area (TPSA) is 78.9 Å². The van der Waals surface area contributed by atoms with Crippen molar-refractivity contribution in [3.63, 3.8) is 0 Å². The predicted octanol–water partition coefficient (Wildman–Crippen LogP) is 4.87. The van der Waals surface area contributed by atoms with Crippen LogP contribution in [0.4, 0.5) is 0 Å². The summed E-state index contributed by atoms with van der Waals surface area (Å²) in [5.41, 5.74) is 1.03. The molecule has 3 aromatic rings. The lowest BCUT2D eigenvalue weighted by Crippen LogP contribution is -2.03. The van der Waals surface area contributed by atoms with Crippen molar-refractivity contribution in [2.24, 2.45) is 0 Å². The minimum Gasteiger partial charge on any atom is -0.497 e. The maximum Gasteiger partial charge on any atom is 0.239 e. The molecule has 0 N–H and O–H groups in total. The van der Waals surface area contributed by atoms with Crippen molar-refractivity contribution in [2.75, 3.05) is 7.11 Å². The lowest BCUT2D eigenvalue weighted by atomic mass is 10.2. The van der Waals surface area contributed by atoms with Gasteiger partial charge >= 0.3 is 0 Å². The summed E-state index contributed by atoms with van der Waals surface area (Å²) in [5.74, 6) is 3.69. The van der Waals surface area contributed by atoms with Crippen molar-refractivity contribution >= 4 is 11.8 Å². The maximum atomic E-state index is 5.48. The van der Waals surface area contributed by atoms with E-state index in [0.29, 0.717) is 11.8 Å². The van der Waals surface area contributed by atoms with Crippen molar-refractivity contribution in [3.8, 4) is 17.1 Å². The van der Waals surface area contributed by atoms with Gasteiger partial charge in [0.15, 0.2) is 16.8 Å². The monoisotopic (exact) mass is 399 g/mol. The van der Waals surface area contributed by atoms with E-state index in [9.17, 15) is 0 Å². The number of hydrogen-bond donors (Lipinski definition) is 0. The van der Waals surface area contributed by atoms with Gasteiger partial charge < -0.3 is 13.8 Å². The summed E-state index contributed by atoms with van der Waals surface area (Å²) in [6.45, 7) is 5.13. The second kappa shape index (κ2) is 8.34. The molecule has 0 aliphatic heterocycles. The molecule has 2 heterocycles. The SMILES string of the molecule is CCCCn1c(SC(C)c2nc(C3CC3)no2)nnc1-c1ccc(OC)cc1. The smallest absolute Gasteiger partial charge is 0.239 e. The number of thioether (sulfide) groups is 1. The molecule has 2 aromatic heterocycles. The summed E-state index contributed by atoms with van der Waals surface area (Å²) >= 11 is 1.61. The van der Waals surface area contributed by atoms with Crippen LogP contribution in [0.15, 0.2) is 33.9 Å². The maximum absolute atomic E-state index is 5.48. The van der Waals surface area contributed by atoms with Gasteiger partial charge in [-0.2, -0.15) is 4.98 Å². The molecule has 0 spiro atoms. The van der Waals surface area contributed by atoms with Gasteiger partial charge in [-0.15, -0.1) is 10.2 Å². The normalized spacial score (nSPS) is 15.0. The van der Waals surface area contributed by atoms with Gasteiger partial charge in [0.25, 0.3) is 0 Å². The fraction of sp³-hybridized carbons (Fsp3) is 0.500. The van der Waals surface area contributed by atoms with Crippen molar-refractivity contribution in [1.29, 1.82) is 0 Å². The Labute approximate surface area is 168 Å². The first-order valence-electron chi connectivity index (χ1n) is 9.77. The van der Waals surface area contributed by atoms with Gasteiger partial charge in [-0.1, -0.05) is 30.3 Å². The molecule has 1 atom stereocenters. The molecule has 7 nitrogen and oxygen atoms in total. The highest BCUT2D eigenvalue weighted by Gasteiger charge is 2.30. The summed E-state index contributed by atoms with van der Waals surface area (Å²) in [7, 11) is 1.67. The molecular formula is C20H25N5O2S. The molecule has 0 amide bonds. The summed E-state index contributed by atoms with van der Waals surface area (Å²) in [5, 5.41) is 14.0. The van der Waals surface area contributed by atoms with Crippen molar-refractivity contribution < 1.29 is 9.26 Å². The number of ether oxygens (including phenoxy) is 1. The van der Waals surface area contributed by atoms with Crippen LogP contribution in [0, 0.1) is 0 Å². The Hall–Kier alpha value is -2.35. The summed E-state index contributed by atoms with van der Waals surface area (Å²) in [6, 6.07) is 7.93. The van der Waals surface area contributed by atoms with Crippen LogP contribution in [0.3, 0.4) is 0 Å². The number of rotatable bonds is 9. The van der Waals surface area contributed by atoms with E-state index in [4.69, 9.17) is 9.26 Å². The number of unbranched alkanes of at least 4 members (excludes halogenated alkanes) is 1. The van der Waals surface area contributed by atoms with Crippen LogP contribution in [-0.4, -0.2) is 32.0 Å². The highest BCUT2D eigenvalue weighted by atomic mass is 32.2. The van der Waals surface area contributed by atoms with Gasteiger partial charge in [0, 0.05) is 18.0 Å². The molecule has 0 saturated heterocycles. The number of nitrogens with zero attached hydrogens (tertiary/aromatic N) is 5. The summed E-state index contributed by atoms with van der Waals surface area (Å²) in [4.78, 5) is 4.57. The molecule has 4 rings (SSSR count). The lowest BCUT2D eigenvalue weighted by Gasteiger charge is -2.11. The van der Waals surface area contributed by atoms with Crippen molar-refractivity contribution in [2.45, 2.75) is 62.4 Å². The predicted molar refractivity (Wildman–Crippen MR) is 107 cm³/mol. The van der Waals surface area contributed by atoms with E-state index in [1.54, 1.807) is 18.9 Å². The standard InChI is InChI=1S/C20H25N5O2S/c1-4-5-12-25-18(15-8-10-16(26-3)11-9-15)22-23-20(25)28-13(2)19-21-17(24-27-19)14-6-7-14/h8-11,13-14H,4-7,12H2,1-3H3. The molecule has 1 saturated carbocycles. The van der Waals surface area contributed by atoms with E-state index in [1.165, 1.54) is 0 Å². The zero-order chi connectivity index (χ0) is 19.5. The third kappa shape index (κ3) is 4.06. The molecule has 0 radical (unpaired) electrons. The third-order valence-electron chi connectivity index (χ3n) is 4.83. The fourth-order valence-electron chi connectivity index (χ4n) is 2.98. The van der Waals surface area contributed by atoms with E-state index in [-0.39, 0.29) is 5.25 Å². The van der Waals surface area contributed by atoms with Crippen LogP contribution in [0.1, 0.15) is 62.4 Å². The van der Waals surface area contributed by atoms with E-state index in [0.717, 1.165) is 60.3 Å². The van der Waals surface area contributed by atoms with E-state index in [2.05, 4.69) is 38.8 Å². The van der Waals surface area contributed by atoms with Crippen LogP contribution in [0.5, 0.6) is 5.75 Å². The Kier molecular flexibility index (Phi) is 5.66. The highest BCUT2D eigenvalue weighted by molar-refractivity contribution is 7.99. The van der Waals surface area contributed by atoms with Crippen LogP contribution < -0.4 is 4.74 Å². The first-order chi connectivity index (χ1) is 13.7. The lowest BCUT2D eigenvalue weighted by molar-refractivity contribution is 0.374. The van der Waals surface area contributed by atoms with Crippen LogP contribution in [0.25, 0.3) is 11.4 Å². The van der Waals surface area contributed by atoms with Gasteiger partial charge in [0.2, 0.25) is 5.89 Å². The van der Waals surface area contributed by atoms with E-state index >= 15 is 0 Å². The Morgan fingerprint density at radius 2 is 2.04 bits per heavy atom. The minimum absolute atomic E-state index is 0.0216. The molecule has 1 unspecified atom stereocenters. The molecule has 28 heavy (non-hydrogen) atoms. The fourth-order valence-corrected chi connectivity index (χ4v) is 3.88. The largest absolute Gasteiger partial charge is 0.497 e. The average Bonchev–Trinajstić information content (AvgIpc) is 3.32. The van der Waals surface area contributed by atoms with Gasteiger partial charge in [0.05, 0.1) is 12.4 Å². The van der Waals surface area contributed by atoms with Crippen LogP contribution >= 0.6 is 11.8 Å². The number of hydrogen-bond acceptors (Lipinski definition) is 7. The molecular weight excluding hydrogens is 374 g/mol. The second-order valence-corrected chi connectivity index (χ2v) is 8.37. The van der Waals surface area contributed by atoms with Crippen LogP contribution in [0.2, 0.25) is 0 Å². The second-order valence-electron chi connectivity index (χ2n) is 7.07. The van der Waals surface area contributed by atoms with Gasteiger partial charge in [-0.3, -0.25) is 0 Å². The van der Waals surface area contributed by atoms with Gasteiger partial charge in [-0.25, -0.2) is 0 Å². The summed E-state index contributed by atoms with van der Waals surface area (Å²) in [6.07, 6.45) is 4.50. The molecule has 1 fully saturated rings. The Balaban J connectivity index is 1.57. The zero-order valence-corrected chi connectivity index (χ0v) is 17.3. The van der Waals surface area contributed by atoms with Crippen molar-refractivity contribution in [1.82, 2.24) is 24.9 Å². The molecule has 0 bridgehead atoms. The number of methoxy groups -OCH3 is 1. The number of aromatic nitrogens is 5. The molecule has 1 aromatic carbocycles. The van der Waals surface area contributed by atoms with E-state index in [1.807, 2.05) is 24.3 Å². The minimum atomic E-state index is 0.0216. The van der Waals surface area contributed by atoms with Crippen molar-refractivity contribution in [3.05, 3.63) is 36.0 Å². The molecule has 8 heteroatoms. The Morgan fingerprint density at radius 3 is 2.71 bits per heavy atom. The first kappa shape index (κ1) is 19.0. The number of benzene rings is 1. The first-order valence-corrected chi connectivity index (χ1v) is 10.6. The molecule has 1 aliphatic carbocycles. The van der Waals surface area contributed by atoms with E-state index < -0.39 is 0 Å².